The van der Waals surface area contributed by atoms with E-state index in [4.69, 9.17) is 0 Å². The van der Waals surface area contributed by atoms with Crippen molar-refractivity contribution in [1.82, 2.24) is 10.6 Å². The van der Waals surface area contributed by atoms with E-state index in [0.717, 1.165) is 12.2 Å². The molecule has 0 radical (unpaired) electrons. The minimum absolute atomic E-state index is 0.0598. The van der Waals surface area contributed by atoms with Gasteiger partial charge in [0, 0.05) is 36.1 Å². The van der Waals surface area contributed by atoms with Crippen LogP contribution in [0.1, 0.15) is 19.3 Å². The van der Waals surface area contributed by atoms with Crippen molar-refractivity contribution in [1.29, 1.82) is 0 Å². The summed E-state index contributed by atoms with van der Waals surface area (Å²) in [7, 11) is 0. The summed E-state index contributed by atoms with van der Waals surface area (Å²) in [4.78, 5) is 23.9. The van der Waals surface area contributed by atoms with Crippen molar-refractivity contribution in [2.24, 2.45) is 0 Å². The number of carbonyl (C=O) groups is 2. The van der Waals surface area contributed by atoms with Crippen LogP contribution in [0.25, 0.3) is 0 Å². The smallest absolute Gasteiger partial charge is 0.221 e. The van der Waals surface area contributed by atoms with Gasteiger partial charge in [-0.15, -0.1) is 11.8 Å². The van der Waals surface area contributed by atoms with Gasteiger partial charge in [-0.25, -0.2) is 0 Å². The lowest BCUT2D eigenvalue weighted by atomic mass is 10.1. The van der Waals surface area contributed by atoms with Gasteiger partial charge in [0.25, 0.3) is 0 Å². The highest BCUT2D eigenvalue weighted by atomic mass is 32.2. The molecule has 0 aliphatic carbocycles. The predicted molar refractivity (Wildman–Crippen MR) is 76.0 cm³/mol. The Morgan fingerprint density at radius 3 is 2.84 bits per heavy atom. The molecule has 2 rings (SSSR count). The second-order valence-corrected chi connectivity index (χ2v) is 5.69. The normalized spacial score (nSPS) is 18.7. The van der Waals surface area contributed by atoms with Crippen LogP contribution in [0.15, 0.2) is 35.2 Å². The fourth-order valence-electron chi connectivity index (χ4n) is 1.93. The number of carbonyl (C=O) groups excluding carboxylic acids is 2. The summed E-state index contributed by atoms with van der Waals surface area (Å²) in [5.41, 5.74) is 0. The lowest BCUT2D eigenvalue weighted by Gasteiger charge is -2.23. The van der Waals surface area contributed by atoms with E-state index in [9.17, 15) is 9.59 Å². The topological polar surface area (TPSA) is 58.2 Å². The molecule has 1 unspecified atom stereocenters. The Hall–Kier alpha value is -1.49. The third-order valence-corrected chi connectivity index (χ3v) is 3.99. The summed E-state index contributed by atoms with van der Waals surface area (Å²) in [6.45, 7) is 0.552. The number of amides is 2. The molecule has 19 heavy (non-hydrogen) atoms. The Bertz CT molecular complexity index is 426. The summed E-state index contributed by atoms with van der Waals surface area (Å²) in [5.74, 6) is 0.907. The molecule has 1 aromatic rings. The first-order chi connectivity index (χ1) is 9.24. The van der Waals surface area contributed by atoms with E-state index in [1.54, 1.807) is 11.8 Å². The van der Waals surface area contributed by atoms with Crippen LogP contribution in [-0.4, -0.2) is 30.2 Å². The van der Waals surface area contributed by atoms with E-state index in [0.29, 0.717) is 19.4 Å². The SMILES string of the molecule is O=C1CCC(NC(=O)CCSc2ccccc2)CN1. The highest BCUT2D eigenvalue weighted by Gasteiger charge is 2.19. The number of hydrogen-bond acceptors (Lipinski definition) is 3. The molecular weight excluding hydrogens is 260 g/mol. The van der Waals surface area contributed by atoms with Crippen LogP contribution in [0.5, 0.6) is 0 Å². The molecule has 5 heteroatoms. The van der Waals surface area contributed by atoms with E-state index < -0.39 is 0 Å². The van der Waals surface area contributed by atoms with E-state index in [-0.39, 0.29) is 17.9 Å². The first-order valence-corrected chi connectivity index (χ1v) is 7.46. The molecule has 1 saturated heterocycles. The van der Waals surface area contributed by atoms with Gasteiger partial charge >= 0.3 is 0 Å². The molecule has 2 N–H and O–H groups in total. The highest BCUT2D eigenvalue weighted by molar-refractivity contribution is 7.99. The van der Waals surface area contributed by atoms with Gasteiger partial charge < -0.3 is 10.6 Å². The Labute approximate surface area is 117 Å². The zero-order valence-electron chi connectivity index (χ0n) is 10.7. The van der Waals surface area contributed by atoms with Gasteiger partial charge in [0.15, 0.2) is 0 Å². The van der Waals surface area contributed by atoms with Gasteiger partial charge in [-0.3, -0.25) is 9.59 Å². The maximum atomic E-state index is 11.7. The van der Waals surface area contributed by atoms with Gasteiger partial charge in [-0.05, 0) is 18.6 Å². The van der Waals surface area contributed by atoms with E-state index in [1.807, 2.05) is 30.3 Å². The molecule has 0 saturated carbocycles. The summed E-state index contributed by atoms with van der Waals surface area (Å²) < 4.78 is 0. The monoisotopic (exact) mass is 278 g/mol. The third kappa shape index (κ3) is 4.95. The molecule has 0 spiro atoms. The molecule has 4 nitrogen and oxygen atoms in total. The zero-order valence-corrected chi connectivity index (χ0v) is 11.5. The molecule has 0 aromatic heterocycles. The number of hydrogen-bond donors (Lipinski definition) is 2. The second-order valence-electron chi connectivity index (χ2n) is 4.52. The van der Waals surface area contributed by atoms with Crippen molar-refractivity contribution in [3.8, 4) is 0 Å². The minimum Gasteiger partial charge on any atom is -0.354 e. The second kappa shape index (κ2) is 7.19. The van der Waals surface area contributed by atoms with Crippen LogP contribution in [0.3, 0.4) is 0 Å². The standard InChI is InChI=1S/C14H18N2O2S/c17-13-7-6-11(10-15-13)16-14(18)8-9-19-12-4-2-1-3-5-12/h1-5,11H,6-10H2,(H,15,17)(H,16,18). The number of thioether (sulfide) groups is 1. The first kappa shape index (κ1) is 13.9. The number of piperidine rings is 1. The molecule has 1 fully saturated rings. The summed E-state index contributed by atoms with van der Waals surface area (Å²) in [6.07, 6.45) is 1.75. The molecule has 1 aliphatic rings. The molecule has 1 aromatic carbocycles. The molecule has 1 heterocycles. The summed E-state index contributed by atoms with van der Waals surface area (Å²) >= 11 is 1.68. The average molecular weight is 278 g/mol. The largest absolute Gasteiger partial charge is 0.354 e. The molecule has 0 bridgehead atoms. The Balaban J connectivity index is 1.63. The molecule has 2 amide bonds. The van der Waals surface area contributed by atoms with Crippen LogP contribution < -0.4 is 10.6 Å². The maximum absolute atomic E-state index is 11.7. The summed E-state index contributed by atoms with van der Waals surface area (Å²) in [5, 5.41) is 5.72. The van der Waals surface area contributed by atoms with Crippen LogP contribution in [0.2, 0.25) is 0 Å². The summed E-state index contributed by atoms with van der Waals surface area (Å²) in [6, 6.07) is 10.1. The zero-order chi connectivity index (χ0) is 13.5. The van der Waals surface area contributed by atoms with Gasteiger partial charge in [-0.1, -0.05) is 18.2 Å². The van der Waals surface area contributed by atoms with Gasteiger partial charge in [0.2, 0.25) is 11.8 Å². The van der Waals surface area contributed by atoms with E-state index >= 15 is 0 Å². The predicted octanol–water partition coefficient (Wildman–Crippen LogP) is 1.56. The van der Waals surface area contributed by atoms with Crippen LogP contribution in [0.4, 0.5) is 0 Å². The van der Waals surface area contributed by atoms with Crippen molar-refractivity contribution in [2.45, 2.75) is 30.2 Å². The van der Waals surface area contributed by atoms with Crippen molar-refractivity contribution < 1.29 is 9.59 Å². The lowest BCUT2D eigenvalue weighted by Crippen LogP contribution is -2.47. The van der Waals surface area contributed by atoms with Crippen molar-refractivity contribution in [3.63, 3.8) is 0 Å². The fraction of sp³-hybridized carbons (Fsp3) is 0.429. The third-order valence-electron chi connectivity index (χ3n) is 2.97. The Morgan fingerprint density at radius 1 is 1.37 bits per heavy atom. The van der Waals surface area contributed by atoms with Crippen molar-refractivity contribution >= 4 is 23.6 Å². The lowest BCUT2D eigenvalue weighted by molar-refractivity contribution is -0.125. The highest BCUT2D eigenvalue weighted by Crippen LogP contribution is 2.17. The fourth-order valence-corrected chi connectivity index (χ4v) is 2.81. The van der Waals surface area contributed by atoms with Crippen LogP contribution in [-0.2, 0) is 9.59 Å². The maximum Gasteiger partial charge on any atom is 0.221 e. The molecular formula is C14H18N2O2S. The first-order valence-electron chi connectivity index (χ1n) is 6.48. The Kier molecular flexibility index (Phi) is 5.27. The van der Waals surface area contributed by atoms with Gasteiger partial charge in [0.05, 0.1) is 0 Å². The quantitative estimate of drug-likeness (QED) is 0.804. The van der Waals surface area contributed by atoms with E-state index in [1.165, 1.54) is 4.90 Å². The number of nitrogens with one attached hydrogen (secondary N) is 2. The van der Waals surface area contributed by atoms with Crippen molar-refractivity contribution in [2.75, 3.05) is 12.3 Å². The number of benzene rings is 1. The van der Waals surface area contributed by atoms with Crippen LogP contribution >= 0.6 is 11.8 Å². The molecule has 102 valence electrons. The van der Waals surface area contributed by atoms with Gasteiger partial charge in [0.1, 0.15) is 0 Å². The molecule has 1 aliphatic heterocycles. The number of rotatable bonds is 5. The van der Waals surface area contributed by atoms with E-state index in [2.05, 4.69) is 10.6 Å². The van der Waals surface area contributed by atoms with Gasteiger partial charge in [-0.2, -0.15) is 0 Å². The average Bonchev–Trinajstić information content (AvgIpc) is 2.43. The Morgan fingerprint density at radius 2 is 2.16 bits per heavy atom. The minimum atomic E-state index is 0.0598. The van der Waals surface area contributed by atoms with Crippen LogP contribution in [0, 0.1) is 0 Å². The van der Waals surface area contributed by atoms with Crippen molar-refractivity contribution in [3.05, 3.63) is 30.3 Å². The molecule has 1 atom stereocenters.